The van der Waals surface area contributed by atoms with Crippen LogP contribution in [0.3, 0.4) is 0 Å². The summed E-state index contributed by atoms with van der Waals surface area (Å²) in [4.78, 5) is 6.90. The molecule has 0 spiro atoms. The fourth-order valence-electron chi connectivity index (χ4n) is 2.10. The van der Waals surface area contributed by atoms with Crippen LogP contribution in [0.1, 0.15) is 27.7 Å². The summed E-state index contributed by atoms with van der Waals surface area (Å²) in [7, 11) is 1.88. The normalized spacial score (nSPS) is 11.3. The van der Waals surface area contributed by atoms with E-state index in [1.807, 2.05) is 25.2 Å². The van der Waals surface area contributed by atoms with E-state index >= 15 is 0 Å². The minimum absolute atomic E-state index is 0.573. The molecular formula is C14H26N4. The van der Waals surface area contributed by atoms with Gasteiger partial charge in [0.25, 0.3) is 0 Å². The van der Waals surface area contributed by atoms with Gasteiger partial charge in [0.1, 0.15) is 11.6 Å². The molecule has 4 nitrogen and oxygen atoms in total. The van der Waals surface area contributed by atoms with E-state index in [9.17, 15) is 0 Å². The molecule has 102 valence electrons. The third kappa shape index (κ3) is 4.53. The molecule has 2 N–H and O–H groups in total. The van der Waals surface area contributed by atoms with E-state index in [2.05, 4.69) is 48.2 Å². The molecule has 1 aromatic rings. The molecule has 1 heterocycles. The summed E-state index contributed by atoms with van der Waals surface area (Å²) in [6, 6.07) is 7.10. The quantitative estimate of drug-likeness (QED) is 0.780. The highest BCUT2D eigenvalue weighted by molar-refractivity contribution is 5.44. The Labute approximate surface area is 111 Å². The summed E-state index contributed by atoms with van der Waals surface area (Å²) in [5, 5.41) is 6.41. The molecule has 0 amide bonds. The third-order valence-corrected chi connectivity index (χ3v) is 3.01. The molecule has 0 saturated carbocycles. The van der Waals surface area contributed by atoms with Crippen molar-refractivity contribution in [3.63, 3.8) is 0 Å². The maximum atomic E-state index is 4.44. The fraction of sp³-hybridized carbons (Fsp3) is 0.643. The molecule has 0 fully saturated rings. The Morgan fingerprint density at radius 2 is 1.72 bits per heavy atom. The predicted molar refractivity (Wildman–Crippen MR) is 79.3 cm³/mol. The Morgan fingerprint density at radius 1 is 1.11 bits per heavy atom. The fourth-order valence-corrected chi connectivity index (χ4v) is 2.10. The van der Waals surface area contributed by atoms with Crippen molar-refractivity contribution in [2.75, 3.05) is 30.8 Å². The molecule has 1 aromatic heterocycles. The van der Waals surface area contributed by atoms with Crippen LogP contribution in [0.25, 0.3) is 0 Å². The van der Waals surface area contributed by atoms with Crippen LogP contribution in [-0.2, 0) is 0 Å². The van der Waals surface area contributed by atoms with Gasteiger partial charge in [0.05, 0.1) is 0 Å². The molecule has 0 aliphatic rings. The van der Waals surface area contributed by atoms with Crippen LogP contribution in [-0.4, -0.2) is 42.1 Å². The second-order valence-corrected chi connectivity index (χ2v) is 5.01. The Kier molecular flexibility index (Phi) is 5.92. The molecule has 4 heteroatoms. The minimum atomic E-state index is 0.573. The lowest BCUT2D eigenvalue weighted by atomic mass is 10.2. The van der Waals surface area contributed by atoms with Gasteiger partial charge in [-0.25, -0.2) is 4.98 Å². The van der Waals surface area contributed by atoms with Crippen molar-refractivity contribution in [2.45, 2.75) is 39.8 Å². The first-order chi connectivity index (χ1) is 8.54. The van der Waals surface area contributed by atoms with Gasteiger partial charge in [0.2, 0.25) is 0 Å². The minimum Gasteiger partial charge on any atom is -0.373 e. The van der Waals surface area contributed by atoms with Gasteiger partial charge in [-0.05, 0) is 39.8 Å². The number of rotatable bonds is 7. The molecule has 1 rings (SSSR count). The Bertz CT molecular complexity index is 341. The molecule has 0 unspecified atom stereocenters. The van der Waals surface area contributed by atoms with E-state index in [-0.39, 0.29) is 0 Å². The molecule has 0 aliphatic carbocycles. The molecule has 0 saturated heterocycles. The summed E-state index contributed by atoms with van der Waals surface area (Å²) in [5.41, 5.74) is 0. The SMILES string of the molecule is CNc1cccc(NCCN(C(C)C)C(C)C)n1. The van der Waals surface area contributed by atoms with Crippen LogP contribution >= 0.6 is 0 Å². The van der Waals surface area contributed by atoms with E-state index < -0.39 is 0 Å². The zero-order chi connectivity index (χ0) is 13.5. The van der Waals surface area contributed by atoms with Crippen LogP contribution in [0, 0.1) is 0 Å². The lowest BCUT2D eigenvalue weighted by Gasteiger charge is -2.30. The summed E-state index contributed by atoms with van der Waals surface area (Å²) >= 11 is 0. The summed E-state index contributed by atoms with van der Waals surface area (Å²) < 4.78 is 0. The van der Waals surface area contributed by atoms with E-state index in [1.165, 1.54) is 0 Å². The van der Waals surface area contributed by atoms with Gasteiger partial charge in [0.15, 0.2) is 0 Å². The number of anilines is 2. The van der Waals surface area contributed by atoms with Crippen molar-refractivity contribution in [3.8, 4) is 0 Å². The highest BCUT2D eigenvalue weighted by Crippen LogP contribution is 2.09. The topological polar surface area (TPSA) is 40.2 Å². The number of aromatic nitrogens is 1. The molecular weight excluding hydrogens is 224 g/mol. The molecule has 0 aliphatic heterocycles. The monoisotopic (exact) mass is 250 g/mol. The van der Waals surface area contributed by atoms with E-state index in [0.717, 1.165) is 24.7 Å². The standard InChI is InChI=1S/C14H26N4/c1-11(2)18(12(3)4)10-9-16-14-8-6-7-13(15-5)17-14/h6-8,11-12H,9-10H2,1-5H3,(H2,15,16,17). The Balaban J connectivity index is 2.44. The van der Waals surface area contributed by atoms with Crippen molar-refractivity contribution >= 4 is 11.6 Å². The first-order valence-corrected chi connectivity index (χ1v) is 6.69. The lowest BCUT2D eigenvalue weighted by Crippen LogP contribution is -2.40. The Hall–Kier alpha value is -1.29. The molecule has 18 heavy (non-hydrogen) atoms. The summed E-state index contributed by atoms with van der Waals surface area (Å²) in [6.07, 6.45) is 0. The van der Waals surface area contributed by atoms with E-state index in [0.29, 0.717) is 12.1 Å². The highest BCUT2D eigenvalue weighted by Gasteiger charge is 2.12. The van der Waals surface area contributed by atoms with Gasteiger partial charge in [-0.15, -0.1) is 0 Å². The molecule has 0 aromatic carbocycles. The van der Waals surface area contributed by atoms with Crippen LogP contribution in [0.2, 0.25) is 0 Å². The van der Waals surface area contributed by atoms with Crippen LogP contribution in [0.4, 0.5) is 11.6 Å². The van der Waals surface area contributed by atoms with Gasteiger partial charge in [0, 0.05) is 32.2 Å². The van der Waals surface area contributed by atoms with Crippen molar-refractivity contribution < 1.29 is 0 Å². The first kappa shape index (κ1) is 14.8. The van der Waals surface area contributed by atoms with Crippen molar-refractivity contribution in [2.24, 2.45) is 0 Å². The summed E-state index contributed by atoms with van der Waals surface area (Å²) in [5.74, 6) is 1.82. The average Bonchev–Trinajstić information content (AvgIpc) is 2.34. The van der Waals surface area contributed by atoms with Gasteiger partial charge in [-0.3, -0.25) is 4.90 Å². The predicted octanol–water partition coefficient (Wildman–Crippen LogP) is 2.65. The van der Waals surface area contributed by atoms with Crippen LogP contribution < -0.4 is 10.6 Å². The van der Waals surface area contributed by atoms with Crippen LogP contribution in [0.15, 0.2) is 18.2 Å². The largest absolute Gasteiger partial charge is 0.373 e. The van der Waals surface area contributed by atoms with Gasteiger partial charge >= 0.3 is 0 Å². The number of nitrogens with zero attached hydrogens (tertiary/aromatic N) is 2. The zero-order valence-corrected chi connectivity index (χ0v) is 12.2. The second kappa shape index (κ2) is 7.21. The van der Waals surface area contributed by atoms with Crippen LogP contribution in [0.5, 0.6) is 0 Å². The van der Waals surface area contributed by atoms with Crippen molar-refractivity contribution in [1.82, 2.24) is 9.88 Å². The maximum Gasteiger partial charge on any atom is 0.128 e. The molecule has 0 radical (unpaired) electrons. The van der Waals surface area contributed by atoms with Gasteiger partial charge in [-0.2, -0.15) is 0 Å². The molecule has 0 bridgehead atoms. The van der Waals surface area contributed by atoms with Gasteiger partial charge in [-0.1, -0.05) is 6.07 Å². The van der Waals surface area contributed by atoms with Crippen molar-refractivity contribution in [3.05, 3.63) is 18.2 Å². The lowest BCUT2D eigenvalue weighted by molar-refractivity contribution is 0.182. The van der Waals surface area contributed by atoms with Gasteiger partial charge < -0.3 is 10.6 Å². The summed E-state index contributed by atoms with van der Waals surface area (Å²) in [6.45, 7) is 10.9. The molecule has 0 atom stereocenters. The second-order valence-electron chi connectivity index (χ2n) is 5.01. The number of pyridine rings is 1. The van der Waals surface area contributed by atoms with E-state index in [1.54, 1.807) is 0 Å². The zero-order valence-electron chi connectivity index (χ0n) is 12.2. The highest BCUT2D eigenvalue weighted by atomic mass is 15.2. The maximum absolute atomic E-state index is 4.44. The first-order valence-electron chi connectivity index (χ1n) is 6.69. The Morgan fingerprint density at radius 3 is 2.28 bits per heavy atom. The number of hydrogen-bond donors (Lipinski definition) is 2. The average molecular weight is 250 g/mol. The van der Waals surface area contributed by atoms with Crippen molar-refractivity contribution in [1.29, 1.82) is 0 Å². The third-order valence-electron chi connectivity index (χ3n) is 3.01. The number of hydrogen-bond acceptors (Lipinski definition) is 4. The smallest absolute Gasteiger partial charge is 0.128 e. The number of nitrogens with one attached hydrogen (secondary N) is 2. The van der Waals surface area contributed by atoms with E-state index in [4.69, 9.17) is 0 Å².